The number of carbonyl (C=O) groups is 2. The van der Waals surface area contributed by atoms with E-state index in [0.29, 0.717) is 5.56 Å². The summed E-state index contributed by atoms with van der Waals surface area (Å²) in [6.07, 6.45) is 6.22. The number of phenols is 1. The first-order chi connectivity index (χ1) is 10.1. The smallest absolute Gasteiger partial charge is 0.244 e. The summed E-state index contributed by atoms with van der Waals surface area (Å²) >= 11 is 0. The minimum Gasteiger partial charge on any atom is -0.508 e. The van der Waals surface area contributed by atoms with E-state index in [1.165, 1.54) is 18.2 Å². The highest BCUT2D eigenvalue weighted by atomic mass is 16.3. The molecule has 0 atom stereocenters. The van der Waals surface area contributed by atoms with Crippen LogP contribution in [-0.4, -0.2) is 28.3 Å². The summed E-state index contributed by atoms with van der Waals surface area (Å²) in [7, 11) is 0. The van der Waals surface area contributed by atoms with E-state index in [1.54, 1.807) is 36.7 Å². The molecule has 0 unspecified atom stereocenters. The molecule has 5 nitrogen and oxygen atoms in total. The first kappa shape index (κ1) is 14.5. The van der Waals surface area contributed by atoms with E-state index in [2.05, 4.69) is 10.3 Å². The number of hydrogen-bond donors (Lipinski definition) is 2. The number of phenolic OH excluding ortho intramolecular Hbond substituents is 1. The molecule has 2 N–H and O–H groups in total. The molecule has 0 spiro atoms. The number of nitrogens with zero attached hydrogens (tertiary/aromatic N) is 1. The number of carbonyl (C=O) groups excluding carboxylic acids is 2. The fraction of sp³-hybridized carbons (Fsp3) is 0.0625. The van der Waals surface area contributed by atoms with Gasteiger partial charge < -0.3 is 10.4 Å². The molecular weight excluding hydrogens is 268 g/mol. The second-order valence-corrected chi connectivity index (χ2v) is 4.31. The Balaban J connectivity index is 1.87. The molecule has 2 aromatic rings. The van der Waals surface area contributed by atoms with Crippen LogP contribution in [0, 0.1) is 0 Å². The van der Waals surface area contributed by atoms with Crippen LogP contribution in [0.2, 0.25) is 0 Å². The van der Waals surface area contributed by atoms with Gasteiger partial charge in [0.1, 0.15) is 5.75 Å². The monoisotopic (exact) mass is 282 g/mol. The maximum absolute atomic E-state index is 11.8. The average molecular weight is 282 g/mol. The second-order valence-electron chi connectivity index (χ2n) is 4.31. The van der Waals surface area contributed by atoms with Gasteiger partial charge in [0, 0.05) is 24.0 Å². The van der Waals surface area contributed by atoms with Crippen LogP contribution in [-0.2, 0) is 4.79 Å². The number of aromatic nitrogens is 1. The summed E-state index contributed by atoms with van der Waals surface area (Å²) in [5.41, 5.74) is 1.15. The largest absolute Gasteiger partial charge is 0.508 e. The highest BCUT2D eigenvalue weighted by molar-refractivity contribution is 6.01. The van der Waals surface area contributed by atoms with E-state index in [9.17, 15) is 14.7 Å². The van der Waals surface area contributed by atoms with Gasteiger partial charge in [0.25, 0.3) is 0 Å². The lowest BCUT2D eigenvalue weighted by Crippen LogP contribution is -2.27. The number of hydrogen-bond acceptors (Lipinski definition) is 4. The van der Waals surface area contributed by atoms with Crippen LogP contribution in [0.5, 0.6) is 5.75 Å². The number of pyridine rings is 1. The molecule has 1 amide bonds. The van der Waals surface area contributed by atoms with Gasteiger partial charge in [-0.05, 0) is 29.8 Å². The molecule has 1 heterocycles. The summed E-state index contributed by atoms with van der Waals surface area (Å²) in [6, 6.07) is 9.58. The molecule has 0 radical (unpaired) electrons. The zero-order valence-electron chi connectivity index (χ0n) is 11.2. The summed E-state index contributed by atoms with van der Waals surface area (Å²) in [5.74, 6) is -0.620. The van der Waals surface area contributed by atoms with Crippen LogP contribution in [0.1, 0.15) is 15.9 Å². The van der Waals surface area contributed by atoms with E-state index in [4.69, 9.17) is 0 Å². The summed E-state index contributed by atoms with van der Waals surface area (Å²) < 4.78 is 0. The van der Waals surface area contributed by atoms with Crippen molar-refractivity contribution in [3.8, 4) is 5.75 Å². The maximum atomic E-state index is 11.8. The van der Waals surface area contributed by atoms with Crippen molar-refractivity contribution in [1.29, 1.82) is 0 Å². The molecule has 21 heavy (non-hydrogen) atoms. The molecule has 2 rings (SSSR count). The molecule has 0 saturated carbocycles. The predicted molar refractivity (Wildman–Crippen MR) is 78.7 cm³/mol. The zero-order valence-corrected chi connectivity index (χ0v) is 11.2. The van der Waals surface area contributed by atoms with E-state index in [-0.39, 0.29) is 24.0 Å². The third-order valence-corrected chi connectivity index (χ3v) is 2.70. The van der Waals surface area contributed by atoms with Crippen molar-refractivity contribution in [1.82, 2.24) is 10.3 Å². The molecule has 0 aliphatic rings. The Morgan fingerprint density at radius 2 is 2.10 bits per heavy atom. The summed E-state index contributed by atoms with van der Waals surface area (Å²) in [5, 5.41) is 11.8. The standard InChI is InChI=1S/C16H14N2O3/c19-14-5-1-4-13(9-14)15(20)11-18-16(21)7-6-12-3-2-8-17-10-12/h1-10,19H,11H2,(H,18,21). The Morgan fingerprint density at radius 1 is 1.24 bits per heavy atom. The van der Waals surface area contributed by atoms with Gasteiger partial charge in [-0.15, -0.1) is 0 Å². The summed E-state index contributed by atoms with van der Waals surface area (Å²) in [6.45, 7) is -0.125. The number of Topliss-reactive ketones (excluding diaryl/α,β-unsaturated/α-hetero) is 1. The number of ketones is 1. The van der Waals surface area contributed by atoms with Gasteiger partial charge in [-0.25, -0.2) is 0 Å². The highest BCUT2D eigenvalue weighted by Gasteiger charge is 2.07. The fourth-order valence-corrected chi connectivity index (χ4v) is 1.65. The lowest BCUT2D eigenvalue weighted by Gasteiger charge is -2.02. The van der Waals surface area contributed by atoms with Crippen LogP contribution < -0.4 is 5.32 Å². The fourth-order valence-electron chi connectivity index (χ4n) is 1.65. The highest BCUT2D eigenvalue weighted by Crippen LogP contribution is 2.10. The number of benzene rings is 1. The molecule has 106 valence electrons. The maximum Gasteiger partial charge on any atom is 0.244 e. The molecule has 1 aromatic heterocycles. The second kappa shape index (κ2) is 7.00. The minimum absolute atomic E-state index is 0.0173. The number of aromatic hydroxyl groups is 1. The van der Waals surface area contributed by atoms with Crippen molar-refractivity contribution in [3.63, 3.8) is 0 Å². The number of nitrogens with one attached hydrogen (secondary N) is 1. The molecule has 0 aliphatic heterocycles. The van der Waals surface area contributed by atoms with Gasteiger partial charge >= 0.3 is 0 Å². The Labute approximate surface area is 122 Å². The molecule has 0 aliphatic carbocycles. The molecule has 5 heteroatoms. The average Bonchev–Trinajstić information content (AvgIpc) is 2.51. The molecule has 0 saturated heterocycles. The van der Waals surface area contributed by atoms with E-state index in [0.717, 1.165) is 5.56 Å². The number of rotatable bonds is 5. The van der Waals surface area contributed by atoms with Crippen LogP contribution in [0.15, 0.2) is 54.9 Å². The van der Waals surface area contributed by atoms with Crippen LogP contribution in [0.25, 0.3) is 6.08 Å². The lowest BCUT2D eigenvalue weighted by molar-refractivity contribution is -0.116. The minimum atomic E-state index is -0.368. The van der Waals surface area contributed by atoms with Crippen LogP contribution >= 0.6 is 0 Å². The zero-order chi connectivity index (χ0) is 15.1. The number of amides is 1. The van der Waals surface area contributed by atoms with Gasteiger partial charge in [0.05, 0.1) is 6.54 Å². The Kier molecular flexibility index (Phi) is 4.82. The third kappa shape index (κ3) is 4.58. The molecular formula is C16H14N2O3. The topological polar surface area (TPSA) is 79.3 Å². The van der Waals surface area contributed by atoms with Crippen molar-refractivity contribution in [2.75, 3.05) is 6.54 Å². The van der Waals surface area contributed by atoms with Crippen molar-refractivity contribution >= 4 is 17.8 Å². The molecule has 0 bridgehead atoms. The lowest BCUT2D eigenvalue weighted by atomic mass is 10.1. The van der Waals surface area contributed by atoms with Gasteiger partial charge in [-0.3, -0.25) is 14.6 Å². The summed E-state index contributed by atoms with van der Waals surface area (Å²) in [4.78, 5) is 27.3. The van der Waals surface area contributed by atoms with Crippen molar-refractivity contribution in [2.45, 2.75) is 0 Å². The first-order valence-electron chi connectivity index (χ1n) is 6.33. The van der Waals surface area contributed by atoms with Crippen LogP contribution in [0.3, 0.4) is 0 Å². The van der Waals surface area contributed by atoms with Crippen LogP contribution in [0.4, 0.5) is 0 Å². The van der Waals surface area contributed by atoms with Gasteiger partial charge in [0.2, 0.25) is 5.91 Å². The normalized spacial score (nSPS) is 10.5. The van der Waals surface area contributed by atoms with Gasteiger partial charge in [0.15, 0.2) is 5.78 Å². The van der Waals surface area contributed by atoms with Gasteiger partial charge in [-0.2, -0.15) is 0 Å². The van der Waals surface area contributed by atoms with Crippen molar-refractivity contribution in [3.05, 3.63) is 66.0 Å². The molecule has 0 fully saturated rings. The van der Waals surface area contributed by atoms with E-state index < -0.39 is 0 Å². The predicted octanol–water partition coefficient (Wildman–Crippen LogP) is 1.80. The Morgan fingerprint density at radius 3 is 2.81 bits per heavy atom. The first-order valence-corrected chi connectivity index (χ1v) is 6.33. The molecule has 1 aromatic carbocycles. The van der Waals surface area contributed by atoms with E-state index >= 15 is 0 Å². The van der Waals surface area contributed by atoms with Gasteiger partial charge in [-0.1, -0.05) is 18.2 Å². The Bertz CT molecular complexity index is 666. The third-order valence-electron chi connectivity index (χ3n) is 2.70. The quantitative estimate of drug-likeness (QED) is 0.647. The SMILES string of the molecule is O=C(C=Cc1cccnc1)NCC(=O)c1cccc(O)c1. The van der Waals surface area contributed by atoms with E-state index in [1.807, 2.05) is 6.07 Å². The van der Waals surface area contributed by atoms with Crippen molar-refractivity contribution < 1.29 is 14.7 Å². The van der Waals surface area contributed by atoms with Crippen molar-refractivity contribution in [2.24, 2.45) is 0 Å². The Hall–Kier alpha value is -2.95.